The molecule has 31 heavy (non-hydrogen) atoms. The molecule has 0 bridgehead atoms. The molecule has 0 aliphatic heterocycles. The zero-order valence-corrected chi connectivity index (χ0v) is 17.8. The standard InChI is InChI=1S/C24H24N4O3/c1-14-9-10-18(15(2)12-14)26-24(30)22-16(3)21-19(7-4-8-20(21)31-22)27-28-23(29)17-6-5-11-25-13-17/h5-6,9-13H,4,7-8H2,1-3H3,(H,26,30)(H,28,29)/b27-19+. The first-order chi connectivity index (χ1) is 14.9. The van der Waals surface area contributed by atoms with Crippen LogP contribution in [0.4, 0.5) is 5.69 Å². The Morgan fingerprint density at radius 3 is 2.68 bits per heavy atom. The maximum Gasteiger partial charge on any atom is 0.291 e. The fourth-order valence-corrected chi connectivity index (χ4v) is 3.81. The number of aromatic nitrogens is 1. The van der Waals surface area contributed by atoms with E-state index in [4.69, 9.17) is 4.42 Å². The summed E-state index contributed by atoms with van der Waals surface area (Å²) in [6.45, 7) is 5.82. The lowest BCUT2D eigenvalue weighted by Crippen LogP contribution is -2.22. The molecular weight excluding hydrogens is 392 g/mol. The van der Waals surface area contributed by atoms with E-state index in [1.165, 1.54) is 6.20 Å². The molecule has 7 heteroatoms. The SMILES string of the molecule is Cc1ccc(NC(=O)c2oc3c(c2C)/C(=N/NC(=O)c2cccnc2)CCC3)c(C)c1. The quantitative estimate of drug-likeness (QED) is 0.619. The molecule has 4 rings (SSSR count). The molecule has 7 nitrogen and oxygen atoms in total. The van der Waals surface area contributed by atoms with Crippen LogP contribution in [-0.2, 0) is 6.42 Å². The molecule has 0 saturated carbocycles. The summed E-state index contributed by atoms with van der Waals surface area (Å²) in [6.07, 6.45) is 5.34. The van der Waals surface area contributed by atoms with Gasteiger partial charge in [0.2, 0.25) is 0 Å². The fraction of sp³-hybridized carbons (Fsp3) is 0.250. The maximum absolute atomic E-state index is 12.9. The van der Waals surface area contributed by atoms with Gasteiger partial charge in [-0.1, -0.05) is 17.7 Å². The molecule has 0 saturated heterocycles. The highest BCUT2D eigenvalue weighted by Gasteiger charge is 2.28. The monoisotopic (exact) mass is 416 g/mol. The van der Waals surface area contributed by atoms with Crippen molar-refractivity contribution < 1.29 is 14.0 Å². The Bertz CT molecular complexity index is 1180. The Morgan fingerprint density at radius 2 is 1.94 bits per heavy atom. The summed E-state index contributed by atoms with van der Waals surface area (Å²) in [5.74, 6) is 0.376. The number of carbonyl (C=O) groups excluding carboxylic acids is 2. The third-order valence-corrected chi connectivity index (χ3v) is 5.38. The number of amides is 2. The number of carbonyl (C=O) groups is 2. The van der Waals surface area contributed by atoms with Crippen molar-refractivity contribution in [2.45, 2.75) is 40.0 Å². The van der Waals surface area contributed by atoms with Gasteiger partial charge < -0.3 is 9.73 Å². The van der Waals surface area contributed by atoms with Gasteiger partial charge in [0.25, 0.3) is 11.8 Å². The van der Waals surface area contributed by atoms with E-state index >= 15 is 0 Å². The van der Waals surface area contributed by atoms with Crippen LogP contribution in [0.15, 0.2) is 52.2 Å². The summed E-state index contributed by atoms with van der Waals surface area (Å²) in [7, 11) is 0. The number of hydrogen-bond donors (Lipinski definition) is 2. The Kier molecular flexibility index (Phi) is 5.66. The molecule has 0 spiro atoms. The average Bonchev–Trinajstić information content (AvgIpc) is 3.12. The molecule has 2 heterocycles. The Labute approximate surface area is 180 Å². The molecule has 1 aromatic carbocycles. The predicted octanol–water partition coefficient (Wildman–Crippen LogP) is 4.32. The molecule has 0 atom stereocenters. The van der Waals surface area contributed by atoms with Crippen molar-refractivity contribution in [1.82, 2.24) is 10.4 Å². The number of furan rings is 1. The highest BCUT2D eigenvalue weighted by atomic mass is 16.4. The summed E-state index contributed by atoms with van der Waals surface area (Å²) in [4.78, 5) is 29.2. The van der Waals surface area contributed by atoms with Crippen molar-refractivity contribution in [3.8, 4) is 0 Å². The third-order valence-electron chi connectivity index (χ3n) is 5.38. The summed E-state index contributed by atoms with van der Waals surface area (Å²) < 4.78 is 5.94. The third kappa shape index (κ3) is 4.26. The van der Waals surface area contributed by atoms with Crippen molar-refractivity contribution in [3.63, 3.8) is 0 Å². The molecule has 2 N–H and O–H groups in total. The minimum absolute atomic E-state index is 0.276. The molecule has 1 aliphatic rings. The molecule has 0 unspecified atom stereocenters. The van der Waals surface area contributed by atoms with E-state index in [0.717, 1.165) is 46.5 Å². The van der Waals surface area contributed by atoms with Gasteiger partial charge in [-0.2, -0.15) is 5.10 Å². The average molecular weight is 416 g/mol. The van der Waals surface area contributed by atoms with Gasteiger partial charge in [0.15, 0.2) is 5.76 Å². The fourth-order valence-electron chi connectivity index (χ4n) is 3.81. The second kappa shape index (κ2) is 8.55. The van der Waals surface area contributed by atoms with Gasteiger partial charge in [-0.05, 0) is 57.4 Å². The van der Waals surface area contributed by atoms with Gasteiger partial charge in [-0.3, -0.25) is 14.6 Å². The minimum atomic E-state index is -0.332. The van der Waals surface area contributed by atoms with E-state index in [2.05, 4.69) is 20.8 Å². The van der Waals surface area contributed by atoms with Crippen LogP contribution in [0.3, 0.4) is 0 Å². The number of nitrogens with one attached hydrogen (secondary N) is 2. The number of anilines is 1. The molecule has 0 fully saturated rings. The summed E-state index contributed by atoms with van der Waals surface area (Å²) in [5, 5.41) is 7.28. The van der Waals surface area contributed by atoms with Crippen molar-refractivity contribution >= 4 is 23.2 Å². The molecule has 2 aromatic heterocycles. The lowest BCUT2D eigenvalue weighted by atomic mass is 9.93. The van der Waals surface area contributed by atoms with Crippen molar-refractivity contribution in [2.24, 2.45) is 5.10 Å². The van der Waals surface area contributed by atoms with Crippen LogP contribution in [0.1, 0.15) is 61.8 Å². The zero-order valence-electron chi connectivity index (χ0n) is 17.8. The van der Waals surface area contributed by atoms with Crippen LogP contribution in [0, 0.1) is 20.8 Å². The highest BCUT2D eigenvalue weighted by molar-refractivity contribution is 6.09. The lowest BCUT2D eigenvalue weighted by molar-refractivity contribution is 0.0953. The smallest absolute Gasteiger partial charge is 0.291 e. The normalized spacial score (nSPS) is 14.2. The van der Waals surface area contributed by atoms with E-state index in [9.17, 15) is 9.59 Å². The molecule has 2 amide bonds. The van der Waals surface area contributed by atoms with Gasteiger partial charge in [0.1, 0.15) is 5.76 Å². The largest absolute Gasteiger partial charge is 0.455 e. The van der Waals surface area contributed by atoms with E-state index in [-0.39, 0.29) is 17.6 Å². The molecule has 0 radical (unpaired) electrons. The van der Waals surface area contributed by atoms with Crippen LogP contribution < -0.4 is 10.7 Å². The minimum Gasteiger partial charge on any atom is -0.455 e. The van der Waals surface area contributed by atoms with E-state index < -0.39 is 0 Å². The zero-order chi connectivity index (χ0) is 22.0. The van der Waals surface area contributed by atoms with Gasteiger partial charge in [-0.25, -0.2) is 5.43 Å². The van der Waals surface area contributed by atoms with Gasteiger partial charge in [0, 0.05) is 35.6 Å². The number of benzene rings is 1. The van der Waals surface area contributed by atoms with Crippen LogP contribution in [-0.4, -0.2) is 22.5 Å². The number of nitrogens with zero attached hydrogens (tertiary/aromatic N) is 2. The summed E-state index contributed by atoms with van der Waals surface area (Å²) in [5.41, 5.74) is 8.15. The van der Waals surface area contributed by atoms with E-state index in [1.54, 1.807) is 18.3 Å². The predicted molar refractivity (Wildman–Crippen MR) is 118 cm³/mol. The van der Waals surface area contributed by atoms with Gasteiger partial charge in [-0.15, -0.1) is 0 Å². The number of aryl methyl sites for hydroxylation is 3. The van der Waals surface area contributed by atoms with Crippen LogP contribution in [0.2, 0.25) is 0 Å². The lowest BCUT2D eigenvalue weighted by Gasteiger charge is -2.13. The van der Waals surface area contributed by atoms with Crippen molar-refractivity contribution in [3.05, 3.63) is 82.1 Å². The number of hydrazone groups is 1. The second-order valence-electron chi connectivity index (χ2n) is 7.72. The van der Waals surface area contributed by atoms with E-state index in [1.807, 2.05) is 39.0 Å². The first-order valence-corrected chi connectivity index (χ1v) is 10.2. The van der Waals surface area contributed by atoms with Gasteiger partial charge in [0.05, 0.1) is 11.3 Å². The van der Waals surface area contributed by atoms with Crippen molar-refractivity contribution in [1.29, 1.82) is 0 Å². The second-order valence-corrected chi connectivity index (χ2v) is 7.72. The number of pyridine rings is 1. The Hall–Kier alpha value is -3.74. The molecule has 1 aliphatic carbocycles. The topological polar surface area (TPSA) is 96.6 Å². The first kappa shape index (κ1) is 20.5. The van der Waals surface area contributed by atoms with E-state index in [0.29, 0.717) is 17.7 Å². The number of rotatable bonds is 4. The van der Waals surface area contributed by atoms with Crippen molar-refractivity contribution in [2.75, 3.05) is 5.32 Å². The number of hydrogen-bond acceptors (Lipinski definition) is 5. The summed E-state index contributed by atoms with van der Waals surface area (Å²) in [6, 6.07) is 9.24. The molecule has 158 valence electrons. The van der Waals surface area contributed by atoms with Crippen LogP contribution in [0.25, 0.3) is 0 Å². The summed E-state index contributed by atoms with van der Waals surface area (Å²) >= 11 is 0. The molecule has 3 aromatic rings. The Morgan fingerprint density at radius 1 is 1.10 bits per heavy atom. The number of fused-ring (bicyclic) bond motifs is 1. The van der Waals surface area contributed by atoms with Crippen LogP contribution >= 0.6 is 0 Å². The highest BCUT2D eigenvalue weighted by Crippen LogP contribution is 2.30. The van der Waals surface area contributed by atoms with Crippen LogP contribution in [0.5, 0.6) is 0 Å². The van der Waals surface area contributed by atoms with Gasteiger partial charge >= 0.3 is 0 Å². The first-order valence-electron chi connectivity index (χ1n) is 10.2. The Balaban J connectivity index is 1.58. The maximum atomic E-state index is 12.9. The molecular formula is C24H24N4O3.